The van der Waals surface area contributed by atoms with E-state index in [1.165, 1.54) is 0 Å². The number of ether oxygens (including phenoxy) is 1. The average molecular weight is 314 g/mol. The zero-order valence-electron chi connectivity index (χ0n) is 13.3. The highest BCUT2D eigenvalue weighted by molar-refractivity contribution is 6.04. The topological polar surface area (TPSA) is 96.4 Å². The highest BCUT2D eigenvalue weighted by Gasteiger charge is 2.49. The summed E-state index contributed by atoms with van der Waals surface area (Å²) >= 11 is 0. The first-order chi connectivity index (χ1) is 10.0. The van der Waals surface area contributed by atoms with Crippen molar-refractivity contribution < 1.29 is 29.2 Å². The van der Waals surface area contributed by atoms with E-state index in [-0.39, 0.29) is 17.5 Å². The van der Waals surface area contributed by atoms with Gasteiger partial charge in [-0.05, 0) is 47.0 Å². The molecule has 22 heavy (non-hydrogen) atoms. The smallest absolute Gasteiger partial charge is 0.450 e. The third-order valence-corrected chi connectivity index (χ3v) is 4.15. The number of carboxylic acid groups (broad SMARTS) is 1. The maximum Gasteiger partial charge on any atom is 0.506 e. The van der Waals surface area contributed by atoms with E-state index in [1.807, 2.05) is 27.7 Å². The zero-order chi connectivity index (χ0) is 16.7. The van der Waals surface area contributed by atoms with Crippen molar-refractivity contribution in [1.82, 2.24) is 10.1 Å². The molecule has 0 bridgehead atoms. The predicted octanol–water partition coefficient (Wildman–Crippen LogP) is 1.70. The fraction of sp³-hybridized carbons (Fsp3) is 0.786. The first-order valence-corrected chi connectivity index (χ1v) is 7.29. The molecule has 8 nitrogen and oxygen atoms in total. The van der Waals surface area contributed by atoms with Crippen LogP contribution in [0.4, 0.5) is 4.79 Å². The van der Waals surface area contributed by atoms with Crippen LogP contribution in [0.1, 0.15) is 53.4 Å². The number of imide groups is 1. The van der Waals surface area contributed by atoms with Crippen LogP contribution in [0.15, 0.2) is 0 Å². The number of carbonyl (C=O) groups excluding carboxylic acids is 2. The fourth-order valence-electron chi connectivity index (χ4n) is 3.16. The highest BCUT2D eigenvalue weighted by atomic mass is 16.9. The van der Waals surface area contributed by atoms with Gasteiger partial charge in [-0.15, -0.1) is 5.06 Å². The van der Waals surface area contributed by atoms with Crippen LogP contribution in [-0.2, 0) is 19.3 Å². The molecular formula is C14H22N2O6. The fourth-order valence-corrected chi connectivity index (χ4v) is 3.16. The maximum atomic E-state index is 12.1. The first-order valence-electron chi connectivity index (χ1n) is 7.29. The molecule has 0 aromatic heterocycles. The van der Waals surface area contributed by atoms with Crippen molar-refractivity contribution in [3.05, 3.63) is 0 Å². The summed E-state index contributed by atoms with van der Waals surface area (Å²) in [5.41, 5.74) is -0.706. The Labute approximate surface area is 128 Å². The van der Waals surface area contributed by atoms with Crippen LogP contribution >= 0.6 is 0 Å². The van der Waals surface area contributed by atoms with Gasteiger partial charge in [-0.2, -0.15) is 10.0 Å². The molecule has 2 amide bonds. The maximum absolute atomic E-state index is 12.1. The Morgan fingerprint density at radius 1 is 1.18 bits per heavy atom. The number of hydrogen-bond donors (Lipinski definition) is 1. The number of piperidine rings is 1. The number of amides is 2. The Kier molecular flexibility index (Phi) is 4.18. The zero-order valence-corrected chi connectivity index (χ0v) is 13.3. The molecule has 2 aliphatic heterocycles. The Hall–Kier alpha value is -1.67. The number of rotatable bonds is 3. The molecule has 0 spiro atoms. The van der Waals surface area contributed by atoms with E-state index in [0.29, 0.717) is 5.06 Å². The molecule has 0 aromatic rings. The van der Waals surface area contributed by atoms with E-state index in [0.717, 1.165) is 19.3 Å². The number of hydrogen-bond acceptors (Lipinski definition) is 6. The molecule has 0 saturated carbocycles. The standard InChI is InChI=1S/C14H22N2O6/c1-13(2)6-5-7-14(3,4)16(13)22-15-10(17)8-9(11(15)18)21-12(19)20/h9H,5-8H2,1-4H3,(H,19,20). The van der Waals surface area contributed by atoms with Gasteiger partial charge in [0, 0.05) is 11.1 Å². The lowest BCUT2D eigenvalue weighted by Gasteiger charge is -2.51. The van der Waals surface area contributed by atoms with Gasteiger partial charge in [-0.3, -0.25) is 9.59 Å². The Morgan fingerprint density at radius 2 is 1.73 bits per heavy atom. The Bertz CT molecular complexity index is 486. The van der Waals surface area contributed by atoms with Gasteiger partial charge in [0.15, 0.2) is 6.10 Å². The molecule has 1 atom stereocenters. The molecule has 2 saturated heterocycles. The summed E-state index contributed by atoms with van der Waals surface area (Å²) in [6.45, 7) is 7.91. The molecule has 2 heterocycles. The highest BCUT2D eigenvalue weighted by Crippen LogP contribution is 2.39. The molecule has 2 aliphatic rings. The van der Waals surface area contributed by atoms with E-state index in [2.05, 4.69) is 4.74 Å². The van der Waals surface area contributed by atoms with Crippen LogP contribution in [0.2, 0.25) is 0 Å². The van der Waals surface area contributed by atoms with E-state index < -0.39 is 24.1 Å². The van der Waals surface area contributed by atoms with E-state index in [4.69, 9.17) is 10.0 Å². The van der Waals surface area contributed by atoms with Crippen LogP contribution in [-0.4, -0.2) is 50.4 Å². The minimum absolute atomic E-state index is 0.334. The Morgan fingerprint density at radius 3 is 2.23 bits per heavy atom. The normalized spacial score (nSPS) is 28.0. The van der Waals surface area contributed by atoms with Crippen molar-refractivity contribution in [3.63, 3.8) is 0 Å². The van der Waals surface area contributed by atoms with E-state index in [1.54, 1.807) is 5.06 Å². The number of carbonyl (C=O) groups is 3. The van der Waals surface area contributed by atoms with Crippen molar-refractivity contribution in [2.24, 2.45) is 0 Å². The van der Waals surface area contributed by atoms with Gasteiger partial charge in [-0.25, -0.2) is 4.79 Å². The predicted molar refractivity (Wildman–Crippen MR) is 74.3 cm³/mol. The molecule has 2 rings (SSSR count). The van der Waals surface area contributed by atoms with Crippen LogP contribution in [0.5, 0.6) is 0 Å². The van der Waals surface area contributed by atoms with Gasteiger partial charge in [-0.1, -0.05) is 0 Å². The molecule has 124 valence electrons. The first kappa shape index (κ1) is 16.7. The summed E-state index contributed by atoms with van der Waals surface area (Å²) in [5.74, 6) is -1.39. The SMILES string of the molecule is CC1(C)CCCC(C)(C)N1ON1C(=O)CC(OC(=O)O)C1=O. The van der Waals surface area contributed by atoms with Crippen molar-refractivity contribution >= 4 is 18.0 Å². The summed E-state index contributed by atoms with van der Waals surface area (Å²) in [5, 5.41) is 10.9. The van der Waals surface area contributed by atoms with Gasteiger partial charge >= 0.3 is 6.16 Å². The van der Waals surface area contributed by atoms with E-state index in [9.17, 15) is 14.4 Å². The van der Waals surface area contributed by atoms with Gasteiger partial charge in [0.2, 0.25) is 0 Å². The second kappa shape index (κ2) is 5.51. The van der Waals surface area contributed by atoms with Crippen LogP contribution in [0.3, 0.4) is 0 Å². The number of hydroxylamine groups is 4. The number of nitrogens with zero attached hydrogens (tertiary/aromatic N) is 2. The van der Waals surface area contributed by atoms with Crippen molar-refractivity contribution in [3.8, 4) is 0 Å². The minimum Gasteiger partial charge on any atom is -0.450 e. The molecule has 0 aliphatic carbocycles. The summed E-state index contributed by atoms with van der Waals surface area (Å²) < 4.78 is 4.42. The molecule has 8 heteroatoms. The molecule has 1 N–H and O–H groups in total. The molecule has 0 radical (unpaired) electrons. The lowest BCUT2D eigenvalue weighted by molar-refractivity contribution is -0.365. The van der Waals surface area contributed by atoms with Crippen molar-refractivity contribution in [1.29, 1.82) is 0 Å². The molecule has 2 fully saturated rings. The van der Waals surface area contributed by atoms with Crippen molar-refractivity contribution in [2.45, 2.75) is 70.6 Å². The van der Waals surface area contributed by atoms with Crippen LogP contribution in [0, 0.1) is 0 Å². The Balaban J connectivity index is 2.16. The summed E-state index contributed by atoms with van der Waals surface area (Å²) in [6, 6.07) is 0. The van der Waals surface area contributed by atoms with Crippen LogP contribution < -0.4 is 0 Å². The van der Waals surface area contributed by atoms with Crippen molar-refractivity contribution in [2.75, 3.05) is 0 Å². The quantitative estimate of drug-likeness (QED) is 0.625. The second-order valence-electron chi connectivity index (χ2n) is 6.96. The monoisotopic (exact) mass is 314 g/mol. The van der Waals surface area contributed by atoms with Gasteiger partial charge in [0.25, 0.3) is 11.8 Å². The summed E-state index contributed by atoms with van der Waals surface area (Å²) in [4.78, 5) is 40.2. The summed E-state index contributed by atoms with van der Waals surface area (Å²) in [7, 11) is 0. The van der Waals surface area contributed by atoms with Gasteiger partial charge in [0.05, 0.1) is 6.42 Å². The average Bonchev–Trinajstić information content (AvgIpc) is 2.59. The largest absolute Gasteiger partial charge is 0.506 e. The lowest BCUT2D eigenvalue weighted by Crippen LogP contribution is -2.60. The lowest BCUT2D eigenvalue weighted by atomic mass is 9.82. The third kappa shape index (κ3) is 3.07. The second-order valence-corrected chi connectivity index (χ2v) is 6.96. The molecular weight excluding hydrogens is 292 g/mol. The van der Waals surface area contributed by atoms with Gasteiger partial charge < -0.3 is 9.84 Å². The van der Waals surface area contributed by atoms with E-state index >= 15 is 0 Å². The van der Waals surface area contributed by atoms with Crippen LogP contribution in [0.25, 0.3) is 0 Å². The minimum atomic E-state index is -1.59. The summed E-state index contributed by atoms with van der Waals surface area (Å²) in [6.07, 6.45) is -0.511. The molecule has 1 unspecified atom stereocenters. The molecule has 0 aromatic carbocycles. The third-order valence-electron chi connectivity index (χ3n) is 4.15. The van der Waals surface area contributed by atoms with Gasteiger partial charge in [0.1, 0.15) is 0 Å².